The molecule has 2 aromatic carbocycles. The lowest BCUT2D eigenvalue weighted by Crippen LogP contribution is -2.19. The van der Waals surface area contributed by atoms with Crippen LogP contribution in [-0.2, 0) is 0 Å². The van der Waals surface area contributed by atoms with Crippen LogP contribution in [-0.4, -0.2) is 25.3 Å². The third-order valence-electron chi connectivity index (χ3n) is 3.58. The number of hydrazone groups is 1. The van der Waals surface area contributed by atoms with Gasteiger partial charge in [0.05, 0.1) is 25.0 Å². The number of ether oxygens (including phenoxy) is 2. The molecule has 0 heterocycles. The second kappa shape index (κ2) is 11.1. The molecule has 1 N–H and O–H groups in total. The standard InChI is InChI=1S/C20H22Br2N2O3/c1-3-5-10-27-18-8-6-15(21)11-14(18)13-23-24-20(25)17-12-16(22)7-9-19(17)26-4-2/h6-9,11-13H,3-5,10H2,1-2H3,(H,24,25). The fraction of sp³-hybridized carbons (Fsp3) is 0.300. The van der Waals surface area contributed by atoms with Crippen LogP contribution in [0.5, 0.6) is 11.5 Å². The van der Waals surface area contributed by atoms with Crippen molar-refractivity contribution in [2.75, 3.05) is 13.2 Å². The van der Waals surface area contributed by atoms with Gasteiger partial charge in [0.15, 0.2) is 0 Å². The second-order valence-corrected chi connectivity index (χ2v) is 7.49. The molecule has 0 saturated heterocycles. The van der Waals surface area contributed by atoms with Crippen molar-refractivity contribution in [3.05, 3.63) is 56.5 Å². The summed E-state index contributed by atoms with van der Waals surface area (Å²) in [5, 5.41) is 4.08. The number of halogens is 2. The van der Waals surface area contributed by atoms with E-state index in [1.807, 2.05) is 31.2 Å². The molecule has 2 aromatic rings. The van der Waals surface area contributed by atoms with E-state index in [0.717, 1.165) is 33.1 Å². The summed E-state index contributed by atoms with van der Waals surface area (Å²) in [6.45, 7) is 5.10. The van der Waals surface area contributed by atoms with Crippen LogP contribution in [0.2, 0.25) is 0 Å². The van der Waals surface area contributed by atoms with Gasteiger partial charge in [-0.05, 0) is 49.7 Å². The molecule has 0 saturated carbocycles. The zero-order chi connectivity index (χ0) is 19.6. The fourth-order valence-corrected chi connectivity index (χ4v) is 3.00. The van der Waals surface area contributed by atoms with Gasteiger partial charge in [0.2, 0.25) is 0 Å². The number of carbonyl (C=O) groups excluding carboxylic acids is 1. The van der Waals surface area contributed by atoms with Crippen molar-refractivity contribution >= 4 is 44.0 Å². The minimum atomic E-state index is -0.348. The van der Waals surface area contributed by atoms with Crippen LogP contribution in [0.25, 0.3) is 0 Å². The van der Waals surface area contributed by atoms with Gasteiger partial charge in [-0.25, -0.2) is 5.43 Å². The van der Waals surface area contributed by atoms with Crippen LogP contribution in [0.4, 0.5) is 0 Å². The van der Waals surface area contributed by atoms with Crippen LogP contribution in [0.1, 0.15) is 42.6 Å². The number of nitrogens with zero attached hydrogens (tertiary/aromatic N) is 1. The third kappa shape index (κ3) is 6.66. The minimum absolute atomic E-state index is 0.348. The molecule has 2 rings (SSSR count). The van der Waals surface area contributed by atoms with E-state index < -0.39 is 0 Å². The number of nitrogens with one attached hydrogen (secondary N) is 1. The number of hydrogen-bond donors (Lipinski definition) is 1. The van der Waals surface area contributed by atoms with Gasteiger partial charge in [-0.15, -0.1) is 0 Å². The van der Waals surface area contributed by atoms with Crippen molar-refractivity contribution in [1.29, 1.82) is 0 Å². The molecule has 144 valence electrons. The third-order valence-corrected chi connectivity index (χ3v) is 4.57. The molecule has 0 unspecified atom stereocenters. The molecular weight excluding hydrogens is 476 g/mol. The van der Waals surface area contributed by atoms with E-state index in [2.05, 4.69) is 49.3 Å². The largest absolute Gasteiger partial charge is 0.493 e. The zero-order valence-corrected chi connectivity index (χ0v) is 18.5. The molecule has 1 amide bonds. The predicted molar refractivity (Wildman–Crippen MR) is 115 cm³/mol. The maximum absolute atomic E-state index is 12.5. The number of benzene rings is 2. The van der Waals surface area contributed by atoms with Gasteiger partial charge in [-0.3, -0.25) is 4.79 Å². The van der Waals surface area contributed by atoms with Crippen molar-refractivity contribution in [3.8, 4) is 11.5 Å². The average molecular weight is 498 g/mol. The van der Waals surface area contributed by atoms with Crippen molar-refractivity contribution in [3.63, 3.8) is 0 Å². The van der Waals surface area contributed by atoms with Gasteiger partial charge in [-0.1, -0.05) is 45.2 Å². The molecule has 0 fully saturated rings. The summed E-state index contributed by atoms with van der Waals surface area (Å²) in [6.07, 6.45) is 3.61. The Morgan fingerprint density at radius 1 is 1.07 bits per heavy atom. The highest BCUT2D eigenvalue weighted by atomic mass is 79.9. The van der Waals surface area contributed by atoms with Gasteiger partial charge in [0, 0.05) is 14.5 Å². The molecule has 7 heteroatoms. The monoisotopic (exact) mass is 496 g/mol. The topological polar surface area (TPSA) is 59.9 Å². The second-order valence-electron chi connectivity index (χ2n) is 5.66. The molecule has 0 aliphatic heterocycles. The molecule has 5 nitrogen and oxygen atoms in total. The molecule has 27 heavy (non-hydrogen) atoms. The first kappa shape index (κ1) is 21.4. The van der Waals surface area contributed by atoms with E-state index in [4.69, 9.17) is 9.47 Å². The number of amides is 1. The van der Waals surface area contributed by atoms with E-state index in [-0.39, 0.29) is 5.91 Å². The Balaban J connectivity index is 2.12. The van der Waals surface area contributed by atoms with E-state index in [9.17, 15) is 4.79 Å². The van der Waals surface area contributed by atoms with Gasteiger partial charge >= 0.3 is 0 Å². The first-order chi connectivity index (χ1) is 13.0. The Kier molecular flexibility index (Phi) is 8.81. The quantitative estimate of drug-likeness (QED) is 0.280. The summed E-state index contributed by atoms with van der Waals surface area (Å²) >= 11 is 6.82. The normalized spacial score (nSPS) is 10.8. The lowest BCUT2D eigenvalue weighted by Gasteiger charge is -2.10. The van der Waals surface area contributed by atoms with E-state index in [1.165, 1.54) is 0 Å². The van der Waals surface area contributed by atoms with Crippen molar-refractivity contribution < 1.29 is 14.3 Å². The lowest BCUT2D eigenvalue weighted by molar-refractivity contribution is 0.0951. The minimum Gasteiger partial charge on any atom is -0.493 e. The van der Waals surface area contributed by atoms with Gasteiger partial charge < -0.3 is 9.47 Å². The maximum atomic E-state index is 12.5. The zero-order valence-electron chi connectivity index (χ0n) is 15.3. The van der Waals surface area contributed by atoms with Gasteiger partial charge in [0.25, 0.3) is 5.91 Å². The lowest BCUT2D eigenvalue weighted by atomic mass is 10.2. The molecule has 0 bridgehead atoms. The summed E-state index contributed by atoms with van der Waals surface area (Å²) in [4.78, 5) is 12.5. The van der Waals surface area contributed by atoms with Crippen LogP contribution < -0.4 is 14.9 Å². The van der Waals surface area contributed by atoms with Crippen molar-refractivity contribution in [2.45, 2.75) is 26.7 Å². The highest BCUT2D eigenvalue weighted by Gasteiger charge is 2.12. The fourth-order valence-electron chi connectivity index (χ4n) is 2.26. The Labute approximate surface area is 176 Å². The van der Waals surface area contributed by atoms with Crippen LogP contribution in [0.15, 0.2) is 50.4 Å². The molecule has 0 aliphatic rings. The van der Waals surface area contributed by atoms with E-state index in [0.29, 0.717) is 24.5 Å². The SMILES string of the molecule is CCCCOc1ccc(Br)cc1C=NNC(=O)c1cc(Br)ccc1OCC. The van der Waals surface area contributed by atoms with Crippen molar-refractivity contribution in [1.82, 2.24) is 5.43 Å². The molecule has 0 aromatic heterocycles. The predicted octanol–water partition coefficient (Wildman–Crippen LogP) is 5.55. The number of unbranched alkanes of at least 4 members (excludes halogenated alkanes) is 1. The van der Waals surface area contributed by atoms with Crippen LogP contribution in [0.3, 0.4) is 0 Å². The van der Waals surface area contributed by atoms with Gasteiger partial charge in [0.1, 0.15) is 11.5 Å². The molecule has 0 radical (unpaired) electrons. The summed E-state index contributed by atoms with van der Waals surface area (Å²) in [6, 6.07) is 11.0. The first-order valence-corrected chi connectivity index (χ1v) is 10.3. The van der Waals surface area contributed by atoms with Crippen LogP contribution >= 0.6 is 31.9 Å². The Morgan fingerprint density at radius 2 is 1.78 bits per heavy atom. The molecule has 0 atom stereocenters. The summed E-state index contributed by atoms with van der Waals surface area (Å²) in [5.74, 6) is 0.890. The Bertz CT molecular complexity index is 810. The molecule has 0 aliphatic carbocycles. The highest BCUT2D eigenvalue weighted by molar-refractivity contribution is 9.10. The first-order valence-electron chi connectivity index (χ1n) is 8.73. The molecular formula is C20H22Br2N2O3. The van der Waals surface area contributed by atoms with E-state index >= 15 is 0 Å². The molecule has 0 spiro atoms. The summed E-state index contributed by atoms with van der Waals surface area (Å²) in [5.41, 5.74) is 3.74. The number of carbonyl (C=O) groups is 1. The number of hydrogen-bond acceptors (Lipinski definition) is 4. The highest BCUT2D eigenvalue weighted by Crippen LogP contribution is 2.24. The Hall–Kier alpha value is -1.86. The summed E-state index contributed by atoms with van der Waals surface area (Å²) in [7, 11) is 0. The smallest absolute Gasteiger partial charge is 0.275 e. The summed E-state index contributed by atoms with van der Waals surface area (Å²) < 4.78 is 13.0. The number of rotatable bonds is 9. The van der Waals surface area contributed by atoms with E-state index in [1.54, 1.807) is 18.3 Å². The van der Waals surface area contributed by atoms with Crippen molar-refractivity contribution in [2.24, 2.45) is 5.10 Å². The van der Waals surface area contributed by atoms with Crippen LogP contribution in [0, 0.1) is 0 Å². The maximum Gasteiger partial charge on any atom is 0.275 e. The average Bonchev–Trinajstić information content (AvgIpc) is 2.65. The van der Waals surface area contributed by atoms with Gasteiger partial charge in [-0.2, -0.15) is 5.10 Å². The Morgan fingerprint density at radius 3 is 2.48 bits per heavy atom.